The molecule has 4 heteroatoms. The predicted octanol–water partition coefficient (Wildman–Crippen LogP) is 5.19. The fourth-order valence-electron chi connectivity index (χ4n) is 1.95. The Labute approximate surface area is 133 Å². The van der Waals surface area contributed by atoms with Gasteiger partial charge in [-0.05, 0) is 61.3 Å². The largest absolute Gasteiger partial charge is 0.454 e. The van der Waals surface area contributed by atoms with Gasteiger partial charge in [-0.1, -0.05) is 28.9 Å². The summed E-state index contributed by atoms with van der Waals surface area (Å²) in [6.07, 6.45) is 1.06. The topological polar surface area (TPSA) is 21.3 Å². The van der Waals surface area contributed by atoms with Crippen LogP contribution in [0.1, 0.15) is 24.5 Å². The van der Waals surface area contributed by atoms with Crippen LogP contribution in [0.2, 0.25) is 0 Å². The summed E-state index contributed by atoms with van der Waals surface area (Å²) in [6, 6.07) is 10.7. The Bertz CT molecular complexity index is 616. The lowest BCUT2D eigenvalue weighted by atomic mass is 10.2. The first-order valence-electron chi connectivity index (χ1n) is 7.03. The van der Waals surface area contributed by atoms with E-state index in [1.165, 1.54) is 6.07 Å². The molecule has 0 bridgehead atoms. The van der Waals surface area contributed by atoms with Crippen molar-refractivity contribution in [3.63, 3.8) is 0 Å². The van der Waals surface area contributed by atoms with E-state index >= 15 is 0 Å². The first-order chi connectivity index (χ1) is 10.1. The van der Waals surface area contributed by atoms with Gasteiger partial charge in [0.05, 0.1) is 0 Å². The molecule has 2 nitrogen and oxygen atoms in total. The molecule has 0 fully saturated rings. The van der Waals surface area contributed by atoms with Crippen LogP contribution in [-0.4, -0.2) is 6.54 Å². The highest BCUT2D eigenvalue weighted by atomic mass is 79.9. The lowest BCUT2D eigenvalue weighted by Gasteiger charge is -2.10. The van der Waals surface area contributed by atoms with Crippen LogP contribution in [0.5, 0.6) is 11.5 Å². The number of hydrogen-bond donors (Lipinski definition) is 1. The average Bonchev–Trinajstić information content (AvgIpc) is 2.46. The van der Waals surface area contributed by atoms with Crippen molar-refractivity contribution in [1.29, 1.82) is 0 Å². The summed E-state index contributed by atoms with van der Waals surface area (Å²) >= 11 is 3.43. The number of halogens is 2. The number of hydrogen-bond acceptors (Lipinski definition) is 2. The molecule has 0 aromatic heterocycles. The Morgan fingerprint density at radius 2 is 2.00 bits per heavy atom. The Kier molecular flexibility index (Phi) is 5.76. The number of aryl methyl sites for hydroxylation is 1. The van der Waals surface area contributed by atoms with Crippen molar-refractivity contribution >= 4 is 15.9 Å². The van der Waals surface area contributed by atoms with Crippen LogP contribution in [0.25, 0.3) is 0 Å². The zero-order valence-corrected chi connectivity index (χ0v) is 13.8. The molecule has 0 heterocycles. The maximum absolute atomic E-state index is 14.1. The second-order valence-electron chi connectivity index (χ2n) is 4.95. The first kappa shape index (κ1) is 16.0. The van der Waals surface area contributed by atoms with Gasteiger partial charge in [-0.25, -0.2) is 4.39 Å². The smallest absolute Gasteiger partial charge is 0.166 e. The standard InChI is InChI=1S/C17H19BrFNO/c1-3-8-20-11-13-4-7-17(16(19)10-13)21-14-5-6-15(18)12(2)9-14/h4-7,9-10,20H,3,8,11H2,1-2H3. The number of ether oxygens (including phenoxy) is 1. The first-order valence-corrected chi connectivity index (χ1v) is 7.82. The van der Waals surface area contributed by atoms with E-state index in [0.29, 0.717) is 12.3 Å². The fourth-order valence-corrected chi connectivity index (χ4v) is 2.20. The normalized spacial score (nSPS) is 10.7. The monoisotopic (exact) mass is 351 g/mol. The van der Waals surface area contributed by atoms with E-state index < -0.39 is 0 Å². The van der Waals surface area contributed by atoms with E-state index in [9.17, 15) is 4.39 Å². The minimum Gasteiger partial charge on any atom is -0.454 e. The Morgan fingerprint density at radius 3 is 2.67 bits per heavy atom. The molecule has 0 radical (unpaired) electrons. The van der Waals surface area contributed by atoms with Gasteiger partial charge in [0.2, 0.25) is 0 Å². The molecule has 2 aromatic rings. The van der Waals surface area contributed by atoms with Crippen molar-refractivity contribution in [2.24, 2.45) is 0 Å². The molecule has 0 atom stereocenters. The van der Waals surface area contributed by atoms with E-state index in [4.69, 9.17) is 4.74 Å². The summed E-state index contributed by atoms with van der Waals surface area (Å²) < 4.78 is 20.7. The average molecular weight is 352 g/mol. The van der Waals surface area contributed by atoms with E-state index in [0.717, 1.165) is 28.6 Å². The molecule has 1 N–H and O–H groups in total. The third kappa shape index (κ3) is 4.55. The predicted molar refractivity (Wildman–Crippen MR) is 87.4 cm³/mol. The van der Waals surface area contributed by atoms with Gasteiger partial charge < -0.3 is 10.1 Å². The second kappa shape index (κ2) is 7.57. The maximum atomic E-state index is 14.1. The molecule has 0 saturated heterocycles. The zero-order chi connectivity index (χ0) is 15.2. The number of nitrogens with one attached hydrogen (secondary N) is 1. The van der Waals surface area contributed by atoms with Crippen molar-refractivity contribution < 1.29 is 9.13 Å². The van der Waals surface area contributed by atoms with Crippen molar-refractivity contribution in [1.82, 2.24) is 5.32 Å². The van der Waals surface area contributed by atoms with Crippen molar-refractivity contribution in [2.75, 3.05) is 6.54 Å². The van der Waals surface area contributed by atoms with Crippen LogP contribution in [0.15, 0.2) is 40.9 Å². The van der Waals surface area contributed by atoms with Crippen LogP contribution in [0.3, 0.4) is 0 Å². The van der Waals surface area contributed by atoms with Crippen LogP contribution in [0.4, 0.5) is 4.39 Å². The molecule has 0 aliphatic carbocycles. The van der Waals surface area contributed by atoms with Crippen LogP contribution in [0, 0.1) is 12.7 Å². The van der Waals surface area contributed by atoms with Crippen LogP contribution >= 0.6 is 15.9 Å². The Morgan fingerprint density at radius 1 is 1.19 bits per heavy atom. The van der Waals surface area contributed by atoms with Crippen molar-refractivity contribution in [3.8, 4) is 11.5 Å². The molecule has 0 unspecified atom stereocenters. The molecule has 2 rings (SSSR count). The molecular formula is C17H19BrFNO. The lowest BCUT2D eigenvalue weighted by molar-refractivity contribution is 0.441. The molecule has 21 heavy (non-hydrogen) atoms. The number of benzene rings is 2. The quantitative estimate of drug-likeness (QED) is 0.723. The minimum atomic E-state index is -0.341. The third-order valence-corrected chi connectivity index (χ3v) is 4.00. The summed E-state index contributed by atoms with van der Waals surface area (Å²) in [5, 5.41) is 3.25. The van der Waals surface area contributed by atoms with E-state index in [2.05, 4.69) is 28.2 Å². The number of rotatable bonds is 6. The van der Waals surface area contributed by atoms with Gasteiger partial charge in [0, 0.05) is 11.0 Å². The van der Waals surface area contributed by atoms with Crippen LogP contribution < -0.4 is 10.1 Å². The summed E-state index contributed by atoms with van der Waals surface area (Å²) in [6.45, 7) is 5.67. The van der Waals surface area contributed by atoms with Gasteiger partial charge in [0.25, 0.3) is 0 Å². The van der Waals surface area contributed by atoms with Gasteiger partial charge in [0.15, 0.2) is 11.6 Å². The van der Waals surface area contributed by atoms with E-state index in [1.807, 2.05) is 31.2 Å². The van der Waals surface area contributed by atoms with Crippen molar-refractivity contribution in [3.05, 3.63) is 57.8 Å². The molecule has 0 aliphatic heterocycles. The molecule has 0 saturated carbocycles. The lowest BCUT2D eigenvalue weighted by Crippen LogP contribution is -2.13. The summed E-state index contributed by atoms with van der Waals surface area (Å²) in [7, 11) is 0. The zero-order valence-electron chi connectivity index (χ0n) is 12.2. The third-order valence-electron chi connectivity index (χ3n) is 3.11. The molecule has 0 spiro atoms. The highest BCUT2D eigenvalue weighted by molar-refractivity contribution is 9.10. The summed E-state index contributed by atoms with van der Waals surface area (Å²) in [4.78, 5) is 0. The summed E-state index contributed by atoms with van der Waals surface area (Å²) in [5.41, 5.74) is 1.97. The molecule has 112 valence electrons. The SMILES string of the molecule is CCCNCc1ccc(Oc2ccc(Br)c(C)c2)c(F)c1. The maximum Gasteiger partial charge on any atom is 0.166 e. The van der Waals surface area contributed by atoms with Gasteiger partial charge in [-0.3, -0.25) is 0 Å². The Balaban J connectivity index is 2.08. The van der Waals surface area contributed by atoms with Gasteiger partial charge in [0.1, 0.15) is 5.75 Å². The fraction of sp³-hybridized carbons (Fsp3) is 0.294. The van der Waals surface area contributed by atoms with E-state index in [1.54, 1.807) is 6.07 Å². The molecular weight excluding hydrogens is 333 g/mol. The molecule has 0 aliphatic rings. The van der Waals surface area contributed by atoms with E-state index in [-0.39, 0.29) is 11.6 Å². The highest BCUT2D eigenvalue weighted by Crippen LogP contribution is 2.28. The van der Waals surface area contributed by atoms with Crippen LogP contribution in [-0.2, 0) is 6.54 Å². The van der Waals surface area contributed by atoms with Crippen molar-refractivity contribution in [2.45, 2.75) is 26.8 Å². The summed E-state index contributed by atoms with van der Waals surface area (Å²) in [5.74, 6) is 0.536. The minimum absolute atomic E-state index is 0.246. The van der Waals surface area contributed by atoms with Gasteiger partial charge >= 0.3 is 0 Å². The second-order valence-corrected chi connectivity index (χ2v) is 5.81. The Hall–Kier alpha value is -1.39. The van der Waals surface area contributed by atoms with Gasteiger partial charge in [-0.2, -0.15) is 0 Å². The molecule has 2 aromatic carbocycles. The molecule has 0 amide bonds. The highest BCUT2D eigenvalue weighted by Gasteiger charge is 2.07. The van der Waals surface area contributed by atoms with Gasteiger partial charge in [-0.15, -0.1) is 0 Å².